The molecule has 0 aliphatic rings. The Morgan fingerprint density at radius 1 is 0.667 bits per heavy atom. The maximum absolute atomic E-state index is 12.9. The second-order valence-corrected chi connectivity index (χ2v) is 9.28. The van der Waals surface area contributed by atoms with Gasteiger partial charge in [0.05, 0.1) is 0 Å². The van der Waals surface area contributed by atoms with Gasteiger partial charge >= 0.3 is 180 Å². The first-order valence-electron chi connectivity index (χ1n) is 11.2. The summed E-state index contributed by atoms with van der Waals surface area (Å²) in [6.45, 7) is 5.57. The number of benzene rings is 3. The first kappa shape index (κ1) is 24.7. The van der Waals surface area contributed by atoms with Crippen LogP contribution in [0.4, 0.5) is 0 Å². The molecule has 3 rings (SSSR count). The van der Waals surface area contributed by atoms with Crippen LogP contribution in [0.1, 0.15) is 49.9 Å². The van der Waals surface area contributed by atoms with Gasteiger partial charge in [0.25, 0.3) is 0 Å². The van der Waals surface area contributed by atoms with E-state index in [4.69, 9.17) is 14.2 Å². The van der Waals surface area contributed by atoms with Gasteiger partial charge in [0.1, 0.15) is 0 Å². The topological polar surface area (TPSA) is 61.8 Å². The Balaban J connectivity index is 1.56. The van der Waals surface area contributed by atoms with Crippen molar-refractivity contribution in [3.8, 4) is 17.2 Å². The monoisotopic (exact) mass is 493 g/mol. The molecule has 3 aromatic rings. The molecule has 0 fully saturated rings. The summed E-state index contributed by atoms with van der Waals surface area (Å²) in [6.07, 6.45) is 4.15. The van der Waals surface area contributed by atoms with E-state index in [-0.39, 0.29) is 0 Å². The molecule has 0 bridgehead atoms. The van der Waals surface area contributed by atoms with Crippen LogP contribution in [0.3, 0.4) is 0 Å². The summed E-state index contributed by atoms with van der Waals surface area (Å²) < 4.78 is 31.0. The molecule has 0 aromatic heterocycles. The van der Waals surface area contributed by atoms with Gasteiger partial charge in [-0.15, -0.1) is 0 Å². The zero-order valence-electron chi connectivity index (χ0n) is 19.0. The van der Waals surface area contributed by atoms with Crippen molar-refractivity contribution in [2.24, 2.45) is 0 Å². The summed E-state index contributed by atoms with van der Waals surface area (Å²) in [6, 6.07) is 21.0. The Morgan fingerprint density at radius 3 is 1.58 bits per heavy atom. The zero-order chi connectivity index (χ0) is 23.5. The molecule has 0 N–H and O–H groups in total. The molecule has 0 saturated carbocycles. The van der Waals surface area contributed by atoms with E-state index in [1.807, 2.05) is 24.3 Å². The molecule has 0 radical (unpaired) electrons. The fourth-order valence-corrected chi connectivity index (χ4v) is 4.18. The van der Waals surface area contributed by atoms with Gasteiger partial charge < -0.3 is 0 Å². The average Bonchev–Trinajstić information content (AvgIpc) is 2.85. The Labute approximate surface area is 199 Å². The third-order valence-electron chi connectivity index (χ3n) is 4.78. The van der Waals surface area contributed by atoms with Crippen LogP contribution in [0.15, 0.2) is 72.8 Å². The number of ether oxygens (including phenoxy) is 3. The first-order chi connectivity index (χ1) is 16.1. The number of hydrogen-bond donors (Lipinski definition) is 0. The van der Waals surface area contributed by atoms with E-state index in [1.165, 1.54) is 0 Å². The summed E-state index contributed by atoms with van der Waals surface area (Å²) in [5.74, 6) is 1.49. The Morgan fingerprint density at radius 2 is 1.09 bits per heavy atom. The molecular weight excluding hydrogens is 463 g/mol. The molecule has 33 heavy (non-hydrogen) atoms. The van der Waals surface area contributed by atoms with Crippen LogP contribution in [-0.2, 0) is 17.5 Å². The molecule has 0 amide bonds. The number of unbranched alkanes of at least 4 members (excludes halogenated alkanes) is 2. The van der Waals surface area contributed by atoms with Crippen molar-refractivity contribution in [2.45, 2.75) is 39.5 Å². The van der Waals surface area contributed by atoms with E-state index < -0.39 is 19.6 Å². The molecule has 3 aromatic carbocycles. The van der Waals surface area contributed by atoms with Crippen molar-refractivity contribution in [2.75, 3.05) is 13.2 Å². The zero-order valence-corrected chi connectivity index (χ0v) is 20.1. The SMILES string of the molecule is CCCCOc1ccc(OC(=O)c2cc[c]([Co](=[O])[c]3ccc(OCCCC)cc3)cc2)cc1. The number of esters is 1. The molecule has 0 saturated heterocycles. The molecule has 177 valence electrons. The Hall–Kier alpha value is -2.96. The summed E-state index contributed by atoms with van der Waals surface area (Å²) in [4.78, 5) is 12.5. The van der Waals surface area contributed by atoms with Crippen molar-refractivity contribution >= 4 is 15.0 Å². The van der Waals surface area contributed by atoms with Gasteiger partial charge in [-0.1, -0.05) is 13.3 Å². The minimum atomic E-state index is -1.74. The molecule has 6 heteroatoms. The van der Waals surface area contributed by atoms with Crippen LogP contribution < -0.4 is 23.2 Å². The van der Waals surface area contributed by atoms with E-state index in [0.29, 0.717) is 33.5 Å². The summed E-state index contributed by atoms with van der Waals surface area (Å²) in [5.41, 5.74) is 0.393. The fourth-order valence-electron chi connectivity index (χ4n) is 2.85. The first-order valence-corrected chi connectivity index (χ1v) is 12.7. The summed E-state index contributed by atoms with van der Waals surface area (Å²) in [5, 5.41) is 0. The third-order valence-corrected chi connectivity index (χ3v) is 6.57. The van der Waals surface area contributed by atoms with Crippen molar-refractivity contribution < 1.29 is 36.5 Å². The van der Waals surface area contributed by atoms with E-state index in [9.17, 15) is 8.66 Å². The van der Waals surface area contributed by atoms with E-state index in [1.54, 1.807) is 48.5 Å². The summed E-state index contributed by atoms with van der Waals surface area (Å²) >= 11 is -1.74. The predicted octanol–water partition coefficient (Wildman–Crippen LogP) is 5.18. The van der Waals surface area contributed by atoms with Crippen LogP contribution in [0.25, 0.3) is 0 Å². The van der Waals surface area contributed by atoms with Crippen molar-refractivity contribution in [3.63, 3.8) is 0 Å². The average molecular weight is 493 g/mol. The van der Waals surface area contributed by atoms with Crippen LogP contribution >= 0.6 is 0 Å². The van der Waals surface area contributed by atoms with Crippen LogP contribution in [-0.4, -0.2) is 19.2 Å². The van der Waals surface area contributed by atoms with Crippen LogP contribution in [0, 0.1) is 0 Å². The second kappa shape index (κ2) is 12.9. The molecule has 0 heterocycles. The Bertz CT molecular complexity index is 1030. The van der Waals surface area contributed by atoms with Crippen molar-refractivity contribution in [1.29, 1.82) is 0 Å². The molecule has 0 spiro atoms. The third kappa shape index (κ3) is 7.55. The fraction of sp³-hybridized carbons (Fsp3) is 0.296. The molecule has 0 aliphatic heterocycles. The van der Waals surface area contributed by atoms with Crippen LogP contribution in [0.5, 0.6) is 17.2 Å². The summed E-state index contributed by atoms with van der Waals surface area (Å²) in [7, 11) is 0. The van der Waals surface area contributed by atoms with Gasteiger partial charge in [0, 0.05) is 0 Å². The van der Waals surface area contributed by atoms with E-state index in [0.717, 1.165) is 37.2 Å². The number of hydrogen-bond acceptors (Lipinski definition) is 5. The molecule has 0 unspecified atom stereocenters. The van der Waals surface area contributed by atoms with Crippen molar-refractivity contribution in [1.82, 2.24) is 0 Å². The molecular formula is C27H30CoO5. The number of carbonyl (C=O) groups is 1. The maximum atomic E-state index is 12.9. The number of carbonyl (C=O) groups excluding carboxylic acids is 1. The molecule has 0 atom stereocenters. The normalized spacial score (nSPS) is 11.0. The van der Waals surface area contributed by atoms with Gasteiger partial charge in [-0.05, 0) is 6.42 Å². The quantitative estimate of drug-likeness (QED) is 0.198. The predicted molar refractivity (Wildman–Crippen MR) is 125 cm³/mol. The van der Waals surface area contributed by atoms with Crippen LogP contribution in [0.2, 0.25) is 0 Å². The Kier molecular flexibility index (Phi) is 9.66. The molecule has 0 aliphatic carbocycles. The van der Waals surface area contributed by atoms with Crippen molar-refractivity contribution in [3.05, 3.63) is 78.4 Å². The van der Waals surface area contributed by atoms with Gasteiger partial charge in [-0.25, -0.2) is 0 Å². The molecule has 5 nitrogen and oxygen atoms in total. The van der Waals surface area contributed by atoms with Gasteiger partial charge in [0.2, 0.25) is 0 Å². The van der Waals surface area contributed by atoms with E-state index in [2.05, 4.69) is 13.8 Å². The minimum absolute atomic E-state index is 0.393. The standard InChI is InChI=1S/C17H17O3.C10H13O.Co.O/c1-2-3-13-19-15-9-11-16(12-10-15)20-17(18)14-7-5-4-6-8-14;1-2-3-9-11-10-7-5-4-6-8-10;;/h5-12H,2-3,13H2,1H3;5-8H,2-3,9H2,1H3;;. The van der Waals surface area contributed by atoms with Gasteiger partial charge in [-0.3, -0.25) is 0 Å². The van der Waals surface area contributed by atoms with E-state index >= 15 is 0 Å². The number of rotatable bonds is 12. The van der Waals surface area contributed by atoms with Gasteiger partial charge in [-0.2, -0.15) is 0 Å². The van der Waals surface area contributed by atoms with Gasteiger partial charge in [0.15, 0.2) is 0 Å². The second-order valence-electron chi connectivity index (χ2n) is 7.39.